The summed E-state index contributed by atoms with van der Waals surface area (Å²) >= 11 is 0. The average molecular weight is 254 g/mol. The van der Waals surface area contributed by atoms with Crippen LogP contribution in [-0.2, 0) is 0 Å². The second-order valence-corrected chi connectivity index (χ2v) is 4.95. The molecule has 0 N–H and O–H groups in total. The maximum atomic E-state index is 12.1. The summed E-state index contributed by atoms with van der Waals surface area (Å²) in [4.78, 5) is 12.1. The molecule has 0 atom stereocenters. The first-order valence-corrected chi connectivity index (χ1v) is 6.45. The highest BCUT2D eigenvalue weighted by Crippen LogP contribution is 2.28. The van der Waals surface area contributed by atoms with Gasteiger partial charge in [-0.25, -0.2) is 4.79 Å². The molecule has 0 bridgehead atoms. The Morgan fingerprint density at radius 2 is 1.74 bits per heavy atom. The van der Waals surface area contributed by atoms with Crippen molar-refractivity contribution in [2.75, 3.05) is 0 Å². The minimum Gasteiger partial charge on any atom is -0.423 e. The van der Waals surface area contributed by atoms with E-state index < -0.39 is 0 Å². The molecule has 0 unspecified atom stereocenters. The lowest BCUT2D eigenvalue weighted by Crippen LogP contribution is -2.10. The van der Waals surface area contributed by atoms with Gasteiger partial charge in [0.15, 0.2) is 0 Å². The summed E-state index contributed by atoms with van der Waals surface area (Å²) in [6, 6.07) is 15.0. The van der Waals surface area contributed by atoms with Crippen LogP contribution in [0.4, 0.5) is 0 Å². The molecule has 98 valence electrons. The van der Waals surface area contributed by atoms with Crippen molar-refractivity contribution < 1.29 is 9.53 Å². The van der Waals surface area contributed by atoms with Crippen LogP contribution >= 0.6 is 0 Å². The van der Waals surface area contributed by atoms with Crippen molar-refractivity contribution in [3.63, 3.8) is 0 Å². The molecular formula is C17H18O2. The second-order valence-electron chi connectivity index (χ2n) is 4.95. The Labute approximate surface area is 114 Å². The Balaban J connectivity index is 2.28. The smallest absolute Gasteiger partial charge is 0.343 e. The van der Waals surface area contributed by atoms with Gasteiger partial charge >= 0.3 is 5.97 Å². The molecule has 0 heterocycles. The second kappa shape index (κ2) is 5.70. The van der Waals surface area contributed by atoms with Crippen LogP contribution in [0.3, 0.4) is 0 Å². The summed E-state index contributed by atoms with van der Waals surface area (Å²) in [6.45, 7) is 6.17. The van der Waals surface area contributed by atoms with Crippen LogP contribution in [0.1, 0.15) is 41.3 Å². The third-order valence-corrected chi connectivity index (χ3v) is 3.00. The first-order chi connectivity index (χ1) is 9.08. The number of esters is 1. The van der Waals surface area contributed by atoms with Gasteiger partial charge < -0.3 is 4.74 Å². The molecule has 0 aliphatic heterocycles. The molecule has 19 heavy (non-hydrogen) atoms. The van der Waals surface area contributed by atoms with Crippen LogP contribution in [0.15, 0.2) is 48.5 Å². The first-order valence-electron chi connectivity index (χ1n) is 6.45. The number of hydrogen-bond donors (Lipinski definition) is 0. The Morgan fingerprint density at radius 1 is 1.05 bits per heavy atom. The van der Waals surface area contributed by atoms with Gasteiger partial charge in [0.05, 0.1) is 5.56 Å². The van der Waals surface area contributed by atoms with Crippen LogP contribution in [0.5, 0.6) is 5.75 Å². The topological polar surface area (TPSA) is 26.3 Å². The van der Waals surface area contributed by atoms with Gasteiger partial charge in [-0.1, -0.05) is 44.2 Å². The fourth-order valence-corrected chi connectivity index (χ4v) is 1.94. The summed E-state index contributed by atoms with van der Waals surface area (Å²) in [5.74, 6) is 0.663. The van der Waals surface area contributed by atoms with Crippen LogP contribution in [0, 0.1) is 6.92 Å². The third-order valence-electron chi connectivity index (χ3n) is 3.00. The summed E-state index contributed by atoms with van der Waals surface area (Å²) < 4.78 is 5.53. The van der Waals surface area contributed by atoms with Gasteiger partial charge in [-0.3, -0.25) is 0 Å². The summed E-state index contributed by atoms with van der Waals surface area (Å²) in [6.07, 6.45) is 0. The van der Waals surface area contributed by atoms with Gasteiger partial charge in [-0.15, -0.1) is 0 Å². The fourth-order valence-electron chi connectivity index (χ4n) is 1.94. The lowest BCUT2D eigenvalue weighted by atomic mass is 10.0. The summed E-state index contributed by atoms with van der Waals surface area (Å²) in [7, 11) is 0. The van der Waals surface area contributed by atoms with Crippen molar-refractivity contribution in [3.05, 3.63) is 65.2 Å². The third kappa shape index (κ3) is 3.22. The molecule has 2 rings (SSSR count). The van der Waals surface area contributed by atoms with Crippen LogP contribution in [0.2, 0.25) is 0 Å². The summed E-state index contributed by atoms with van der Waals surface area (Å²) in [5.41, 5.74) is 2.70. The number of benzene rings is 2. The number of aryl methyl sites for hydroxylation is 1. The predicted molar refractivity (Wildman–Crippen MR) is 76.7 cm³/mol. The van der Waals surface area contributed by atoms with E-state index in [4.69, 9.17) is 4.74 Å². The van der Waals surface area contributed by atoms with Gasteiger partial charge in [-0.05, 0) is 42.2 Å². The number of hydrogen-bond acceptors (Lipinski definition) is 2. The van der Waals surface area contributed by atoms with Crippen molar-refractivity contribution in [3.8, 4) is 5.75 Å². The SMILES string of the molecule is Cc1ccc(C(C)C)c(OC(=O)c2ccccc2)c1. The molecule has 0 aliphatic carbocycles. The molecule has 0 spiro atoms. The molecule has 2 heteroatoms. The Hall–Kier alpha value is -2.09. The van der Waals surface area contributed by atoms with Gasteiger partial charge in [-0.2, -0.15) is 0 Å². The highest BCUT2D eigenvalue weighted by Gasteiger charge is 2.13. The highest BCUT2D eigenvalue weighted by molar-refractivity contribution is 5.91. The molecule has 0 saturated carbocycles. The Morgan fingerprint density at radius 3 is 2.37 bits per heavy atom. The molecule has 0 radical (unpaired) electrons. The van der Waals surface area contributed by atoms with Gasteiger partial charge in [0.1, 0.15) is 5.75 Å². The van der Waals surface area contributed by atoms with Crippen molar-refractivity contribution in [1.29, 1.82) is 0 Å². The van der Waals surface area contributed by atoms with E-state index in [0.29, 0.717) is 17.2 Å². The monoisotopic (exact) mass is 254 g/mol. The molecule has 0 saturated heterocycles. The maximum Gasteiger partial charge on any atom is 0.343 e. The highest BCUT2D eigenvalue weighted by atomic mass is 16.5. The Kier molecular flexibility index (Phi) is 4.00. The van der Waals surface area contributed by atoms with E-state index in [1.54, 1.807) is 12.1 Å². The quantitative estimate of drug-likeness (QED) is 0.601. The van der Waals surface area contributed by atoms with E-state index in [9.17, 15) is 4.79 Å². The van der Waals surface area contributed by atoms with Crippen LogP contribution < -0.4 is 4.74 Å². The molecule has 2 nitrogen and oxygen atoms in total. The first kappa shape index (κ1) is 13.3. The fraction of sp³-hybridized carbons (Fsp3) is 0.235. The van der Waals surface area contributed by atoms with E-state index in [2.05, 4.69) is 13.8 Å². The van der Waals surface area contributed by atoms with Gasteiger partial charge in [0.2, 0.25) is 0 Å². The molecule has 2 aromatic rings. The van der Waals surface area contributed by atoms with Gasteiger partial charge in [0.25, 0.3) is 0 Å². The molecule has 0 amide bonds. The zero-order chi connectivity index (χ0) is 13.8. The minimum atomic E-state index is -0.312. The largest absolute Gasteiger partial charge is 0.423 e. The summed E-state index contributed by atoms with van der Waals surface area (Å²) in [5, 5.41) is 0. The van der Waals surface area contributed by atoms with E-state index in [1.165, 1.54) is 0 Å². The van der Waals surface area contributed by atoms with Crippen molar-refractivity contribution in [1.82, 2.24) is 0 Å². The Bertz CT molecular complexity index is 571. The maximum absolute atomic E-state index is 12.1. The van der Waals surface area contributed by atoms with Crippen molar-refractivity contribution >= 4 is 5.97 Å². The lowest BCUT2D eigenvalue weighted by Gasteiger charge is -2.13. The number of rotatable bonds is 3. The average Bonchev–Trinajstić information content (AvgIpc) is 2.39. The van der Waals surface area contributed by atoms with Crippen LogP contribution in [0.25, 0.3) is 0 Å². The predicted octanol–water partition coefficient (Wildman–Crippen LogP) is 4.34. The van der Waals surface area contributed by atoms with E-state index in [-0.39, 0.29) is 5.97 Å². The van der Waals surface area contributed by atoms with Crippen molar-refractivity contribution in [2.24, 2.45) is 0 Å². The van der Waals surface area contributed by atoms with Crippen LogP contribution in [-0.4, -0.2) is 5.97 Å². The molecule has 0 aliphatic rings. The lowest BCUT2D eigenvalue weighted by molar-refractivity contribution is 0.0733. The van der Waals surface area contributed by atoms with Crippen molar-refractivity contribution in [2.45, 2.75) is 26.7 Å². The minimum absolute atomic E-state index is 0.312. The molecule has 0 aromatic heterocycles. The normalized spacial score (nSPS) is 10.5. The molecular weight excluding hydrogens is 236 g/mol. The van der Waals surface area contributed by atoms with E-state index >= 15 is 0 Å². The molecule has 0 fully saturated rings. The van der Waals surface area contributed by atoms with Gasteiger partial charge in [0, 0.05) is 0 Å². The number of carbonyl (C=O) groups excluding carboxylic acids is 1. The zero-order valence-corrected chi connectivity index (χ0v) is 11.5. The zero-order valence-electron chi connectivity index (χ0n) is 11.5. The van der Waals surface area contributed by atoms with E-state index in [1.807, 2.05) is 43.3 Å². The standard InChI is InChI=1S/C17H18O2/c1-12(2)15-10-9-13(3)11-16(15)19-17(18)14-7-5-4-6-8-14/h4-12H,1-3H3. The molecule has 2 aromatic carbocycles. The number of ether oxygens (including phenoxy) is 1. The van der Waals surface area contributed by atoms with E-state index in [0.717, 1.165) is 11.1 Å². The number of carbonyl (C=O) groups is 1.